The molecule has 2 aromatic carbocycles. The molecular formula is C19H16N2O7. The van der Waals surface area contributed by atoms with E-state index in [0.29, 0.717) is 28.5 Å². The molecular weight excluding hydrogens is 368 g/mol. The molecule has 3 aromatic rings. The third kappa shape index (κ3) is 3.93. The molecule has 0 bridgehead atoms. The number of nitro groups is 1. The Bertz CT molecular complexity index is 1010. The highest BCUT2D eigenvalue weighted by Crippen LogP contribution is 2.32. The minimum Gasteiger partial charge on any atom is -0.493 e. The van der Waals surface area contributed by atoms with E-state index in [2.05, 4.69) is 5.16 Å². The van der Waals surface area contributed by atoms with E-state index in [1.54, 1.807) is 24.3 Å². The van der Waals surface area contributed by atoms with Crippen molar-refractivity contribution in [3.05, 3.63) is 69.9 Å². The summed E-state index contributed by atoms with van der Waals surface area (Å²) >= 11 is 0. The molecule has 0 spiro atoms. The highest BCUT2D eigenvalue weighted by atomic mass is 16.6. The van der Waals surface area contributed by atoms with Gasteiger partial charge in [0.1, 0.15) is 17.9 Å². The van der Waals surface area contributed by atoms with Gasteiger partial charge in [0.15, 0.2) is 17.3 Å². The van der Waals surface area contributed by atoms with Gasteiger partial charge in [-0.05, 0) is 24.3 Å². The first kappa shape index (κ1) is 18.9. The molecule has 0 unspecified atom stereocenters. The summed E-state index contributed by atoms with van der Waals surface area (Å²) in [6, 6.07) is 12.4. The maximum Gasteiger partial charge on any atom is 0.345 e. The van der Waals surface area contributed by atoms with Crippen LogP contribution in [0.5, 0.6) is 11.5 Å². The van der Waals surface area contributed by atoms with Gasteiger partial charge in [-0.15, -0.1) is 0 Å². The topological polar surface area (TPSA) is 114 Å². The summed E-state index contributed by atoms with van der Waals surface area (Å²) in [5.74, 6) is 0.728. The number of benzene rings is 2. The number of hydrogen-bond donors (Lipinski definition) is 0. The summed E-state index contributed by atoms with van der Waals surface area (Å²) in [6.45, 7) is -0.193. The minimum atomic E-state index is -0.817. The fourth-order valence-electron chi connectivity index (χ4n) is 2.53. The van der Waals surface area contributed by atoms with Crippen LogP contribution < -0.4 is 9.47 Å². The number of esters is 1. The standard InChI is InChI=1S/C19H16N2O7/c1-25-16-8-7-12(9-18(16)26-2)17-10-13(20-28-17)11-27-19(22)14-5-3-4-6-15(14)21(23)24/h3-10H,11H2,1-2H3. The molecule has 9 heteroatoms. The molecule has 144 valence electrons. The van der Waals surface area contributed by atoms with E-state index in [9.17, 15) is 14.9 Å². The predicted octanol–water partition coefficient (Wildman–Crippen LogP) is 3.62. The lowest BCUT2D eigenvalue weighted by Gasteiger charge is -2.07. The zero-order valence-corrected chi connectivity index (χ0v) is 15.1. The van der Waals surface area contributed by atoms with Gasteiger partial charge in [0, 0.05) is 17.7 Å². The van der Waals surface area contributed by atoms with Crippen molar-refractivity contribution in [1.82, 2.24) is 5.16 Å². The van der Waals surface area contributed by atoms with E-state index < -0.39 is 10.9 Å². The summed E-state index contributed by atoms with van der Waals surface area (Å²) in [6.07, 6.45) is 0. The van der Waals surface area contributed by atoms with E-state index in [1.165, 1.54) is 38.5 Å². The maximum atomic E-state index is 12.2. The number of ether oxygens (including phenoxy) is 3. The molecule has 3 rings (SSSR count). The third-order valence-electron chi connectivity index (χ3n) is 3.90. The quantitative estimate of drug-likeness (QED) is 0.345. The molecule has 0 saturated carbocycles. The second-order valence-corrected chi connectivity index (χ2v) is 5.60. The summed E-state index contributed by atoms with van der Waals surface area (Å²) in [5.41, 5.74) is 0.605. The predicted molar refractivity (Wildman–Crippen MR) is 97.3 cm³/mol. The molecule has 0 saturated heterocycles. The van der Waals surface area contributed by atoms with Gasteiger partial charge in [-0.3, -0.25) is 10.1 Å². The number of nitro benzene ring substituents is 1. The molecule has 0 fully saturated rings. The lowest BCUT2D eigenvalue weighted by molar-refractivity contribution is -0.385. The normalized spacial score (nSPS) is 10.4. The van der Waals surface area contributed by atoms with Gasteiger partial charge in [-0.2, -0.15) is 0 Å². The second kappa shape index (κ2) is 8.21. The van der Waals surface area contributed by atoms with Crippen molar-refractivity contribution >= 4 is 11.7 Å². The Morgan fingerprint density at radius 2 is 1.86 bits per heavy atom. The number of para-hydroxylation sites is 1. The van der Waals surface area contributed by atoms with Gasteiger partial charge in [0.2, 0.25) is 0 Å². The number of aromatic nitrogens is 1. The lowest BCUT2D eigenvalue weighted by Crippen LogP contribution is -2.08. The van der Waals surface area contributed by atoms with Crippen LogP contribution in [0.25, 0.3) is 11.3 Å². The van der Waals surface area contributed by atoms with E-state index in [-0.39, 0.29) is 17.9 Å². The van der Waals surface area contributed by atoms with Gasteiger partial charge in [0.05, 0.1) is 19.1 Å². The summed E-state index contributed by atoms with van der Waals surface area (Å²) in [4.78, 5) is 22.5. The van der Waals surface area contributed by atoms with Crippen LogP contribution in [0, 0.1) is 10.1 Å². The number of methoxy groups -OCH3 is 2. The van der Waals surface area contributed by atoms with Crippen molar-refractivity contribution in [2.24, 2.45) is 0 Å². The van der Waals surface area contributed by atoms with Gasteiger partial charge in [-0.1, -0.05) is 17.3 Å². The molecule has 0 amide bonds. The monoisotopic (exact) mass is 384 g/mol. The Kier molecular flexibility index (Phi) is 5.54. The third-order valence-corrected chi connectivity index (χ3v) is 3.90. The van der Waals surface area contributed by atoms with E-state index in [0.717, 1.165) is 0 Å². The molecule has 9 nitrogen and oxygen atoms in total. The molecule has 0 aliphatic carbocycles. The van der Waals surface area contributed by atoms with E-state index in [1.807, 2.05) is 0 Å². The Morgan fingerprint density at radius 1 is 1.11 bits per heavy atom. The number of nitrogens with zero attached hydrogens (tertiary/aromatic N) is 2. The fourth-order valence-corrected chi connectivity index (χ4v) is 2.53. The van der Waals surface area contributed by atoms with Crippen molar-refractivity contribution in [1.29, 1.82) is 0 Å². The Hall–Kier alpha value is -3.88. The number of carbonyl (C=O) groups excluding carboxylic acids is 1. The summed E-state index contributed by atoms with van der Waals surface area (Å²) in [5, 5.41) is 14.9. The van der Waals surface area contributed by atoms with Crippen LogP contribution in [0.4, 0.5) is 5.69 Å². The van der Waals surface area contributed by atoms with Crippen LogP contribution in [0.3, 0.4) is 0 Å². The van der Waals surface area contributed by atoms with E-state index >= 15 is 0 Å². The molecule has 0 aliphatic heterocycles. The maximum absolute atomic E-state index is 12.2. The van der Waals surface area contributed by atoms with Crippen molar-refractivity contribution in [3.63, 3.8) is 0 Å². The minimum absolute atomic E-state index is 0.129. The molecule has 0 aliphatic rings. The van der Waals surface area contributed by atoms with Gasteiger partial charge in [0.25, 0.3) is 5.69 Å². The highest BCUT2D eigenvalue weighted by molar-refractivity contribution is 5.93. The van der Waals surface area contributed by atoms with Crippen LogP contribution in [-0.4, -0.2) is 30.3 Å². The van der Waals surface area contributed by atoms with Gasteiger partial charge < -0.3 is 18.7 Å². The Morgan fingerprint density at radius 3 is 2.57 bits per heavy atom. The van der Waals surface area contributed by atoms with Crippen LogP contribution in [-0.2, 0) is 11.3 Å². The number of hydrogen-bond acceptors (Lipinski definition) is 8. The fraction of sp³-hybridized carbons (Fsp3) is 0.158. The zero-order valence-electron chi connectivity index (χ0n) is 15.1. The number of carbonyl (C=O) groups is 1. The van der Waals surface area contributed by atoms with Crippen LogP contribution in [0.1, 0.15) is 16.1 Å². The van der Waals surface area contributed by atoms with Crippen molar-refractivity contribution in [2.75, 3.05) is 14.2 Å². The molecule has 1 heterocycles. The SMILES string of the molecule is COc1ccc(-c2cc(COC(=O)c3ccccc3[N+](=O)[O-])no2)cc1OC. The van der Waals surface area contributed by atoms with Crippen molar-refractivity contribution < 1.29 is 28.5 Å². The van der Waals surface area contributed by atoms with Crippen molar-refractivity contribution in [3.8, 4) is 22.8 Å². The van der Waals surface area contributed by atoms with Crippen LogP contribution in [0.15, 0.2) is 53.1 Å². The van der Waals surface area contributed by atoms with Crippen LogP contribution in [0.2, 0.25) is 0 Å². The summed E-state index contributed by atoms with van der Waals surface area (Å²) < 4.78 is 20.8. The van der Waals surface area contributed by atoms with Crippen LogP contribution >= 0.6 is 0 Å². The molecule has 0 atom stereocenters. The number of rotatable bonds is 7. The van der Waals surface area contributed by atoms with Gasteiger partial charge >= 0.3 is 5.97 Å². The van der Waals surface area contributed by atoms with Gasteiger partial charge in [-0.25, -0.2) is 4.79 Å². The Labute approximate surface area is 159 Å². The Balaban J connectivity index is 1.72. The van der Waals surface area contributed by atoms with Crippen molar-refractivity contribution in [2.45, 2.75) is 6.61 Å². The highest BCUT2D eigenvalue weighted by Gasteiger charge is 2.21. The average molecular weight is 384 g/mol. The molecule has 0 N–H and O–H groups in total. The molecule has 1 aromatic heterocycles. The first-order chi connectivity index (χ1) is 13.5. The van der Waals surface area contributed by atoms with E-state index in [4.69, 9.17) is 18.7 Å². The zero-order chi connectivity index (χ0) is 20.1. The average Bonchev–Trinajstić information content (AvgIpc) is 3.20. The second-order valence-electron chi connectivity index (χ2n) is 5.60. The summed E-state index contributed by atoms with van der Waals surface area (Å²) in [7, 11) is 3.06. The lowest BCUT2D eigenvalue weighted by atomic mass is 10.1. The molecule has 28 heavy (non-hydrogen) atoms. The first-order valence-corrected chi connectivity index (χ1v) is 8.12. The smallest absolute Gasteiger partial charge is 0.345 e. The first-order valence-electron chi connectivity index (χ1n) is 8.12. The largest absolute Gasteiger partial charge is 0.493 e. The molecule has 0 radical (unpaired) electrons.